The fourth-order valence-corrected chi connectivity index (χ4v) is 5.24. The van der Waals surface area contributed by atoms with Gasteiger partial charge in [-0.15, -0.1) is 11.3 Å². The second kappa shape index (κ2) is 7.61. The molecule has 132 valence electrons. The lowest BCUT2D eigenvalue weighted by Gasteiger charge is -2.06. The Morgan fingerprint density at radius 1 is 1.21 bits per heavy atom. The molecule has 1 amide bonds. The summed E-state index contributed by atoms with van der Waals surface area (Å²) < 4.78 is 25.5. The van der Waals surface area contributed by atoms with Gasteiger partial charge >= 0.3 is 0 Å². The predicted molar refractivity (Wildman–Crippen MR) is 99.2 cm³/mol. The lowest BCUT2D eigenvalue weighted by molar-refractivity contribution is -0.116. The van der Waals surface area contributed by atoms with Crippen molar-refractivity contribution in [1.82, 2.24) is 4.98 Å². The normalized spacial score (nSPS) is 12.2. The molecule has 0 aliphatic heterocycles. The number of thiazole rings is 1. The number of amides is 1. The van der Waals surface area contributed by atoms with Gasteiger partial charge < -0.3 is 5.32 Å². The summed E-state index contributed by atoms with van der Waals surface area (Å²) in [7, 11) is -3.36. The molecule has 0 bridgehead atoms. The van der Waals surface area contributed by atoms with E-state index in [0.717, 1.165) is 22.5 Å². The minimum atomic E-state index is -3.36. The maximum absolute atomic E-state index is 12.3. The summed E-state index contributed by atoms with van der Waals surface area (Å²) in [4.78, 5) is 16.2. The number of rotatable bonds is 7. The number of aromatic nitrogens is 1. The van der Waals surface area contributed by atoms with Crippen molar-refractivity contribution in [3.8, 4) is 0 Å². The van der Waals surface area contributed by atoms with E-state index in [9.17, 15) is 13.2 Å². The van der Waals surface area contributed by atoms with Crippen molar-refractivity contribution < 1.29 is 13.2 Å². The molecule has 7 heteroatoms. The Labute approximate surface area is 147 Å². The second-order valence-electron chi connectivity index (χ2n) is 6.82. The first kappa shape index (κ1) is 18.9. The summed E-state index contributed by atoms with van der Waals surface area (Å²) in [5.41, 5.74) is 1.32. The van der Waals surface area contributed by atoms with Crippen molar-refractivity contribution in [2.24, 2.45) is 11.8 Å². The van der Waals surface area contributed by atoms with E-state index in [1.54, 1.807) is 18.2 Å². The van der Waals surface area contributed by atoms with Crippen molar-refractivity contribution in [3.05, 3.63) is 18.2 Å². The predicted octanol–water partition coefficient (Wildman–Crippen LogP) is 4.10. The van der Waals surface area contributed by atoms with Crippen molar-refractivity contribution in [2.45, 2.75) is 44.9 Å². The smallest absolute Gasteiger partial charge is 0.224 e. The Balaban J connectivity index is 2.18. The molecule has 2 rings (SSSR count). The molecule has 0 spiro atoms. The van der Waals surface area contributed by atoms with Crippen molar-refractivity contribution >= 4 is 43.0 Å². The van der Waals surface area contributed by atoms with Gasteiger partial charge in [0, 0.05) is 12.1 Å². The van der Waals surface area contributed by atoms with Crippen LogP contribution in [0.2, 0.25) is 0 Å². The van der Waals surface area contributed by atoms with E-state index < -0.39 is 9.84 Å². The van der Waals surface area contributed by atoms with Gasteiger partial charge in [0.2, 0.25) is 20.1 Å². The Hall–Kier alpha value is -1.47. The largest absolute Gasteiger partial charge is 0.326 e. The third-order valence-corrected chi connectivity index (χ3v) is 6.97. The standard InChI is InChI=1S/C17H24N2O3S2/c1-11(2)5-8-16(20)18-13-6-7-14-15(9-13)23-17(19-14)24(21,22)10-12(3)4/h6-7,9,11-12H,5,8,10H2,1-4H3,(H,18,20). The summed E-state index contributed by atoms with van der Waals surface area (Å²) in [6, 6.07) is 5.29. The van der Waals surface area contributed by atoms with Gasteiger partial charge in [0.25, 0.3) is 0 Å². The van der Waals surface area contributed by atoms with Gasteiger partial charge in [-0.25, -0.2) is 13.4 Å². The van der Waals surface area contributed by atoms with Gasteiger partial charge in [0.1, 0.15) is 0 Å². The minimum absolute atomic E-state index is 0.0276. The second-order valence-corrected chi connectivity index (χ2v) is 10.1. The zero-order valence-corrected chi connectivity index (χ0v) is 16.1. The molecule has 5 nitrogen and oxygen atoms in total. The van der Waals surface area contributed by atoms with E-state index in [1.807, 2.05) is 13.8 Å². The van der Waals surface area contributed by atoms with Crippen LogP contribution in [0, 0.1) is 11.8 Å². The quantitative estimate of drug-likeness (QED) is 0.798. The Bertz CT molecular complexity index is 823. The summed E-state index contributed by atoms with van der Waals surface area (Å²) in [5, 5.41) is 2.86. The van der Waals surface area contributed by atoms with E-state index in [2.05, 4.69) is 24.1 Å². The van der Waals surface area contributed by atoms with Crippen LogP contribution < -0.4 is 5.32 Å². The van der Waals surface area contributed by atoms with Crippen molar-refractivity contribution in [2.75, 3.05) is 11.1 Å². The monoisotopic (exact) mass is 368 g/mol. The molecule has 1 aromatic carbocycles. The number of nitrogens with zero attached hydrogens (tertiary/aromatic N) is 1. The first-order valence-electron chi connectivity index (χ1n) is 8.10. The Morgan fingerprint density at radius 2 is 1.92 bits per heavy atom. The van der Waals surface area contributed by atoms with Crippen LogP contribution in [-0.2, 0) is 14.6 Å². The van der Waals surface area contributed by atoms with Gasteiger partial charge in [0.15, 0.2) is 0 Å². The lowest BCUT2D eigenvalue weighted by atomic mass is 10.1. The molecule has 1 aromatic heterocycles. The van der Waals surface area contributed by atoms with Crippen LogP contribution >= 0.6 is 11.3 Å². The van der Waals surface area contributed by atoms with Gasteiger partial charge in [0.05, 0.1) is 16.0 Å². The first-order valence-corrected chi connectivity index (χ1v) is 10.6. The number of fused-ring (bicyclic) bond motifs is 1. The highest BCUT2D eigenvalue weighted by molar-refractivity contribution is 7.93. The van der Waals surface area contributed by atoms with Crippen LogP contribution in [0.4, 0.5) is 5.69 Å². The zero-order chi connectivity index (χ0) is 17.9. The molecule has 0 radical (unpaired) electrons. The molecule has 0 aliphatic carbocycles. The number of hydrogen-bond donors (Lipinski definition) is 1. The average molecular weight is 369 g/mol. The summed E-state index contributed by atoms with van der Waals surface area (Å²) in [6.07, 6.45) is 1.32. The average Bonchev–Trinajstić information content (AvgIpc) is 2.88. The molecule has 2 aromatic rings. The van der Waals surface area contributed by atoms with E-state index in [-0.39, 0.29) is 21.9 Å². The number of nitrogens with one attached hydrogen (secondary N) is 1. The van der Waals surface area contributed by atoms with Gasteiger partial charge in [-0.1, -0.05) is 27.7 Å². The van der Waals surface area contributed by atoms with Crippen LogP contribution in [0.15, 0.2) is 22.5 Å². The first-order chi connectivity index (χ1) is 11.2. The maximum Gasteiger partial charge on any atom is 0.224 e. The zero-order valence-electron chi connectivity index (χ0n) is 14.5. The molecular formula is C17H24N2O3S2. The number of benzene rings is 1. The van der Waals surface area contributed by atoms with E-state index in [0.29, 0.717) is 23.5 Å². The number of hydrogen-bond acceptors (Lipinski definition) is 5. The fraction of sp³-hybridized carbons (Fsp3) is 0.529. The molecule has 24 heavy (non-hydrogen) atoms. The van der Waals surface area contributed by atoms with Gasteiger partial charge in [-0.2, -0.15) is 0 Å². The Morgan fingerprint density at radius 3 is 2.54 bits per heavy atom. The Kier molecular flexibility index (Phi) is 5.98. The highest BCUT2D eigenvalue weighted by Gasteiger charge is 2.21. The minimum Gasteiger partial charge on any atom is -0.326 e. The van der Waals surface area contributed by atoms with Crippen molar-refractivity contribution in [3.63, 3.8) is 0 Å². The third kappa shape index (κ3) is 5.01. The molecule has 1 N–H and O–H groups in total. The van der Waals surface area contributed by atoms with Gasteiger partial charge in [-0.3, -0.25) is 4.79 Å². The van der Waals surface area contributed by atoms with Crippen LogP contribution in [0.1, 0.15) is 40.5 Å². The van der Waals surface area contributed by atoms with Crippen molar-refractivity contribution in [1.29, 1.82) is 0 Å². The molecule has 0 atom stereocenters. The number of sulfone groups is 1. The van der Waals surface area contributed by atoms with Gasteiger partial charge in [-0.05, 0) is 36.5 Å². The van der Waals surface area contributed by atoms with Crippen LogP contribution in [-0.4, -0.2) is 25.1 Å². The third-order valence-electron chi connectivity index (χ3n) is 3.42. The topological polar surface area (TPSA) is 76.1 Å². The van der Waals surface area contributed by atoms with E-state index in [4.69, 9.17) is 0 Å². The van der Waals surface area contributed by atoms with Crippen LogP contribution in [0.5, 0.6) is 0 Å². The highest BCUT2D eigenvalue weighted by atomic mass is 32.2. The molecular weight excluding hydrogens is 344 g/mol. The fourth-order valence-electron chi connectivity index (χ4n) is 2.27. The SMILES string of the molecule is CC(C)CCC(=O)Nc1ccc2nc(S(=O)(=O)CC(C)C)sc2c1. The molecule has 0 unspecified atom stereocenters. The molecule has 0 saturated carbocycles. The molecule has 0 saturated heterocycles. The van der Waals surface area contributed by atoms with Crippen LogP contribution in [0.3, 0.4) is 0 Å². The maximum atomic E-state index is 12.3. The lowest BCUT2D eigenvalue weighted by Crippen LogP contribution is -2.11. The molecule has 0 aliphatic rings. The summed E-state index contributed by atoms with van der Waals surface area (Å²) >= 11 is 1.16. The summed E-state index contributed by atoms with van der Waals surface area (Å²) in [6.45, 7) is 7.90. The van der Waals surface area contributed by atoms with Crippen LogP contribution in [0.25, 0.3) is 10.2 Å². The molecule has 0 fully saturated rings. The molecule has 1 heterocycles. The highest BCUT2D eigenvalue weighted by Crippen LogP contribution is 2.29. The van der Waals surface area contributed by atoms with E-state index in [1.165, 1.54) is 0 Å². The summed E-state index contributed by atoms with van der Waals surface area (Å²) in [5.74, 6) is 0.595. The number of carbonyl (C=O) groups excluding carboxylic acids is 1. The van der Waals surface area contributed by atoms with E-state index >= 15 is 0 Å². The number of carbonyl (C=O) groups is 1. The number of anilines is 1.